The highest BCUT2D eigenvalue weighted by atomic mass is 16.5. The van der Waals surface area contributed by atoms with E-state index in [4.69, 9.17) is 9.47 Å². The minimum absolute atomic E-state index is 0.0134. The van der Waals surface area contributed by atoms with E-state index in [-0.39, 0.29) is 42.4 Å². The maximum absolute atomic E-state index is 13.6. The number of para-hydroxylation sites is 1. The summed E-state index contributed by atoms with van der Waals surface area (Å²) in [5.41, 5.74) is 2.12. The van der Waals surface area contributed by atoms with Crippen molar-refractivity contribution in [2.45, 2.75) is 45.4 Å². The average Bonchev–Trinajstić information content (AvgIpc) is 3.82. The molecule has 1 heterocycles. The molecule has 0 aromatic heterocycles. The van der Waals surface area contributed by atoms with Crippen LogP contribution in [0.3, 0.4) is 0 Å². The van der Waals surface area contributed by atoms with Gasteiger partial charge in [-0.25, -0.2) is 0 Å². The van der Waals surface area contributed by atoms with Crippen LogP contribution in [0.2, 0.25) is 0 Å². The number of aliphatic hydroxyl groups excluding tert-OH is 1. The molecule has 3 atom stereocenters. The van der Waals surface area contributed by atoms with Crippen LogP contribution in [0.15, 0.2) is 72.8 Å². The maximum atomic E-state index is 13.6. The van der Waals surface area contributed by atoms with Gasteiger partial charge in [-0.05, 0) is 74.8 Å². The first-order chi connectivity index (χ1) is 19.8. The Hall–Kier alpha value is -3.88. The Bertz CT molecular complexity index is 1340. The number of amides is 2. The van der Waals surface area contributed by atoms with Gasteiger partial charge in [0.05, 0.1) is 18.2 Å². The number of nitrogens with one attached hydrogen (secondary N) is 1. The summed E-state index contributed by atoms with van der Waals surface area (Å²) < 4.78 is 12.4. The molecule has 2 aliphatic rings. The van der Waals surface area contributed by atoms with Crippen molar-refractivity contribution < 1.29 is 24.2 Å². The number of hydrogen-bond donors (Lipinski definition) is 2. The van der Waals surface area contributed by atoms with Crippen molar-refractivity contribution in [1.29, 1.82) is 0 Å². The number of likely N-dealkylation sites (N-methyl/N-ethyl adjacent to an activating group) is 1. The largest absolute Gasteiger partial charge is 0.488 e. The van der Waals surface area contributed by atoms with Crippen molar-refractivity contribution in [1.82, 2.24) is 9.80 Å². The highest BCUT2D eigenvalue weighted by Crippen LogP contribution is 2.33. The van der Waals surface area contributed by atoms with Crippen LogP contribution in [-0.4, -0.2) is 65.6 Å². The summed E-state index contributed by atoms with van der Waals surface area (Å²) in [6, 6.07) is 22.7. The zero-order valence-corrected chi connectivity index (χ0v) is 24.0. The van der Waals surface area contributed by atoms with Crippen molar-refractivity contribution >= 4 is 17.5 Å². The fraction of sp³-hybridized carbons (Fsp3) is 0.394. The lowest BCUT2D eigenvalue weighted by atomic mass is 9.99. The number of benzene rings is 3. The number of carbonyl (C=O) groups excluding carboxylic acids is 2. The molecular formula is C33H39N3O5. The topological polar surface area (TPSA) is 91.3 Å². The number of ether oxygens (including phenoxy) is 2. The molecular weight excluding hydrogens is 518 g/mol. The smallest absolute Gasteiger partial charge is 0.258 e. The van der Waals surface area contributed by atoms with Gasteiger partial charge in [0.15, 0.2) is 0 Å². The summed E-state index contributed by atoms with van der Waals surface area (Å²) in [7, 11) is 2.06. The molecule has 0 radical (unpaired) electrons. The summed E-state index contributed by atoms with van der Waals surface area (Å²) in [5.74, 6) is 1.92. The summed E-state index contributed by atoms with van der Waals surface area (Å²) in [6.07, 6.45) is 1.60. The first-order valence-corrected chi connectivity index (χ1v) is 14.3. The van der Waals surface area contributed by atoms with E-state index < -0.39 is 0 Å². The third kappa shape index (κ3) is 7.26. The normalized spacial score (nSPS) is 19.5. The molecule has 8 nitrogen and oxygen atoms in total. The second kappa shape index (κ2) is 12.7. The highest BCUT2D eigenvalue weighted by molar-refractivity contribution is 6.00. The molecule has 0 bridgehead atoms. The van der Waals surface area contributed by atoms with Crippen LogP contribution in [0.5, 0.6) is 17.2 Å². The van der Waals surface area contributed by atoms with Gasteiger partial charge in [-0.1, -0.05) is 37.3 Å². The average molecular weight is 558 g/mol. The fourth-order valence-electron chi connectivity index (χ4n) is 5.08. The van der Waals surface area contributed by atoms with Gasteiger partial charge in [-0.15, -0.1) is 0 Å². The molecule has 2 N–H and O–H groups in total. The lowest BCUT2D eigenvalue weighted by molar-refractivity contribution is -0.117. The Balaban J connectivity index is 1.30. The number of rotatable bonds is 10. The van der Waals surface area contributed by atoms with E-state index in [9.17, 15) is 14.7 Å². The number of aliphatic hydroxyl groups is 1. The molecule has 41 heavy (non-hydrogen) atoms. The van der Waals surface area contributed by atoms with Gasteiger partial charge in [0, 0.05) is 37.2 Å². The minimum Gasteiger partial charge on any atom is -0.488 e. The summed E-state index contributed by atoms with van der Waals surface area (Å²) in [6.45, 7) is 5.58. The third-order valence-electron chi connectivity index (χ3n) is 7.73. The van der Waals surface area contributed by atoms with Crippen molar-refractivity contribution in [3.05, 3.63) is 83.9 Å². The van der Waals surface area contributed by atoms with Crippen LogP contribution < -0.4 is 14.8 Å². The molecule has 1 aliphatic heterocycles. The van der Waals surface area contributed by atoms with E-state index in [1.165, 1.54) is 0 Å². The van der Waals surface area contributed by atoms with Crippen molar-refractivity contribution in [3.63, 3.8) is 0 Å². The van der Waals surface area contributed by atoms with E-state index in [0.717, 1.165) is 29.9 Å². The van der Waals surface area contributed by atoms with Crippen LogP contribution in [0.1, 0.15) is 42.6 Å². The zero-order valence-electron chi connectivity index (χ0n) is 24.0. The molecule has 8 heteroatoms. The molecule has 0 spiro atoms. The Morgan fingerprint density at radius 1 is 1.10 bits per heavy atom. The number of fused-ring (bicyclic) bond motifs is 1. The second-order valence-corrected chi connectivity index (χ2v) is 11.4. The van der Waals surface area contributed by atoms with Crippen molar-refractivity contribution in [2.24, 2.45) is 11.8 Å². The lowest BCUT2D eigenvalue weighted by Crippen LogP contribution is -2.49. The lowest BCUT2D eigenvalue weighted by Gasteiger charge is -2.38. The Morgan fingerprint density at radius 3 is 2.49 bits per heavy atom. The number of carbonyl (C=O) groups is 2. The Labute approximate surface area is 241 Å². The van der Waals surface area contributed by atoms with Gasteiger partial charge >= 0.3 is 0 Å². The number of nitrogens with zero attached hydrogens (tertiary/aromatic N) is 2. The molecule has 1 saturated carbocycles. The van der Waals surface area contributed by atoms with E-state index in [0.29, 0.717) is 36.6 Å². The van der Waals surface area contributed by atoms with E-state index >= 15 is 0 Å². The predicted octanol–water partition coefficient (Wildman–Crippen LogP) is 5.18. The zero-order chi connectivity index (χ0) is 28.9. The van der Waals surface area contributed by atoms with Gasteiger partial charge in [-0.2, -0.15) is 0 Å². The van der Waals surface area contributed by atoms with Crippen LogP contribution >= 0.6 is 0 Å². The molecule has 0 unspecified atom stereocenters. The summed E-state index contributed by atoms with van der Waals surface area (Å²) in [4.78, 5) is 29.9. The van der Waals surface area contributed by atoms with Crippen LogP contribution in [0, 0.1) is 11.8 Å². The molecule has 2 amide bonds. The van der Waals surface area contributed by atoms with Gasteiger partial charge in [0.1, 0.15) is 23.4 Å². The van der Waals surface area contributed by atoms with E-state index in [1.807, 2.05) is 49.4 Å². The number of hydrogen-bond acceptors (Lipinski definition) is 6. The number of anilines is 1. The molecule has 216 valence electrons. The minimum atomic E-state index is -0.351. The molecule has 1 aliphatic carbocycles. The first kappa shape index (κ1) is 28.6. The molecule has 0 saturated heterocycles. The standard InChI is InChI=1S/C33H39N3O5/c1-22-18-36(23(2)21-37)33(39)29-17-26(34-32(38)25-11-12-25)13-16-30(29)41-31(22)20-35(3)19-24-9-14-28(15-10-24)40-27-7-5-4-6-8-27/h4-10,13-17,22-23,25,31,37H,11-12,18-21H2,1-3H3,(H,34,38)/t22-,23+,31+/m0/s1. The second-order valence-electron chi connectivity index (χ2n) is 11.4. The summed E-state index contributed by atoms with van der Waals surface area (Å²) >= 11 is 0. The van der Waals surface area contributed by atoms with Gasteiger partial charge in [0.2, 0.25) is 5.91 Å². The van der Waals surface area contributed by atoms with Crippen LogP contribution in [0.25, 0.3) is 0 Å². The third-order valence-corrected chi connectivity index (χ3v) is 7.73. The Morgan fingerprint density at radius 2 is 1.80 bits per heavy atom. The fourth-order valence-corrected chi connectivity index (χ4v) is 5.08. The first-order valence-electron chi connectivity index (χ1n) is 14.3. The van der Waals surface area contributed by atoms with E-state index in [2.05, 4.69) is 36.3 Å². The van der Waals surface area contributed by atoms with Gasteiger partial charge in [0.25, 0.3) is 5.91 Å². The Kier molecular flexibility index (Phi) is 8.90. The van der Waals surface area contributed by atoms with Crippen molar-refractivity contribution in [2.75, 3.05) is 32.1 Å². The maximum Gasteiger partial charge on any atom is 0.258 e. The molecule has 5 rings (SSSR count). The van der Waals surface area contributed by atoms with Crippen LogP contribution in [0.4, 0.5) is 5.69 Å². The molecule has 1 fully saturated rings. The van der Waals surface area contributed by atoms with Gasteiger partial charge < -0.3 is 24.8 Å². The quantitative estimate of drug-likeness (QED) is 0.357. The van der Waals surface area contributed by atoms with Crippen molar-refractivity contribution in [3.8, 4) is 17.2 Å². The molecule has 3 aromatic rings. The summed E-state index contributed by atoms with van der Waals surface area (Å²) in [5, 5.41) is 12.9. The monoisotopic (exact) mass is 557 g/mol. The van der Waals surface area contributed by atoms with E-state index in [1.54, 1.807) is 23.1 Å². The highest BCUT2D eigenvalue weighted by Gasteiger charge is 2.34. The van der Waals surface area contributed by atoms with Gasteiger partial charge in [-0.3, -0.25) is 14.5 Å². The predicted molar refractivity (Wildman–Crippen MR) is 158 cm³/mol. The molecule has 3 aromatic carbocycles. The van der Waals surface area contributed by atoms with Crippen LogP contribution in [-0.2, 0) is 11.3 Å². The SMILES string of the molecule is C[C@H](CO)N1C[C@H](C)[C@@H](CN(C)Cc2ccc(Oc3ccccc3)cc2)Oc2ccc(NC(=O)C3CC3)cc2C1=O.